The van der Waals surface area contributed by atoms with Crippen LogP contribution in [0, 0.1) is 0 Å². The van der Waals surface area contributed by atoms with Crippen LogP contribution < -0.4 is 5.32 Å². The second kappa shape index (κ2) is 5.33. The van der Waals surface area contributed by atoms with Gasteiger partial charge in [0.25, 0.3) is 5.91 Å². The van der Waals surface area contributed by atoms with Gasteiger partial charge < -0.3 is 10.4 Å². The lowest BCUT2D eigenvalue weighted by molar-refractivity contribution is 0.101. The van der Waals surface area contributed by atoms with Gasteiger partial charge in [0.05, 0.1) is 0 Å². The third-order valence-corrected chi connectivity index (χ3v) is 3.01. The summed E-state index contributed by atoms with van der Waals surface area (Å²) in [6, 6.07) is 10.7. The molecule has 1 heterocycles. The number of pyridine rings is 1. The molecular formula is C16H18N2O2. The minimum atomic E-state index is -0.424. The number of benzene rings is 1. The second-order valence-corrected chi connectivity index (χ2v) is 5.65. The van der Waals surface area contributed by atoms with E-state index in [0.29, 0.717) is 5.69 Å². The van der Waals surface area contributed by atoms with Gasteiger partial charge in [-0.1, -0.05) is 32.9 Å². The Hall–Kier alpha value is -2.36. The number of carbonyl (C=O) groups excluding carboxylic acids is 1. The fraction of sp³-hybridized carbons (Fsp3) is 0.250. The summed E-state index contributed by atoms with van der Waals surface area (Å²) in [6.07, 6.45) is 1.47. The van der Waals surface area contributed by atoms with E-state index >= 15 is 0 Å². The third-order valence-electron chi connectivity index (χ3n) is 3.01. The molecule has 0 saturated heterocycles. The van der Waals surface area contributed by atoms with Gasteiger partial charge in [-0.2, -0.15) is 0 Å². The molecule has 104 valence electrons. The molecule has 0 aliphatic rings. The minimum absolute atomic E-state index is 0.0207. The van der Waals surface area contributed by atoms with E-state index in [4.69, 9.17) is 0 Å². The zero-order valence-corrected chi connectivity index (χ0v) is 11.8. The molecule has 4 nitrogen and oxygen atoms in total. The Balaban J connectivity index is 2.15. The quantitative estimate of drug-likeness (QED) is 0.879. The number of nitrogens with zero attached hydrogens (tertiary/aromatic N) is 1. The summed E-state index contributed by atoms with van der Waals surface area (Å²) in [5, 5.41) is 12.3. The van der Waals surface area contributed by atoms with Crippen molar-refractivity contribution in [2.24, 2.45) is 0 Å². The number of anilines is 1. The molecular weight excluding hydrogens is 252 g/mol. The van der Waals surface area contributed by atoms with Crippen molar-refractivity contribution in [2.45, 2.75) is 26.2 Å². The molecule has 20 heavy (non-hydrogen) atoms. The summed E-state index contributed by atoms with van der Waals surface area (Å²) in [6.45, 7) is 6.39. The van der Waals surface area contributed by atoms with E-state index < -0.39 is 5.91 Å². The average Bonchev–Trinajstić information content (AvgIpc) is 2.38. The first-order valence-corrected chi connectivity index (χ1v) is 6.44. The zero-order valence-electron chi connectivity index (χ0n) is 11.8. The van der Waals surface area contributed by atoms with Gasteiger partial charge in [0.15, 0.2) is 5.69 Å². The SMILES string of the molecule is CC(C)(C)c1ccc(NC(=O)c2ncccc2O)cc1. The van der Waals surface area contributed by atoms with Crippen molar-refractivity contribution >= 4 is 11.6 Å². The van der Waals surface area contributed by atoms with E-state index in [1.165, 1.54) is 17.8 Å². The number of rotatable bonds is 2. The highest BCUT2D eigenvalue weighted by Crippen LogP contribution is 2.24. The van der Waals surface area contributed by atoms with Crippen LogP contribution in [0.15, 0.2) is 42.6 Å². The molecule has 1 aromatic carbocycles. The Labute approximate surface area is 118 Å². The first-order valence-electron chi connectivity index (χ1n) is 6.44. The predicted octanol–water partition coefficient (Wildman–Crippen LogP) is 3.34. The second-order valence-electron chi connectivity index (χ2n) is 5.65. The Kier molecular flexibility index (Phi) is 3.74. The smallest absolute Gasteiger partial charge is 0.278 e. The van der Waals surface area contributed by atoms with Crippen LogP contribution in [0.1, 0.15) is 36.8 Å². The summed E-state index contributed by atoms with van der Waals surface area (Å²) < 4.78 is 0. The number of hydrogen-bond acceptors (Lipinski definition) is 3. The van der Waals surface area contributed by atoms with Crippen LogP contribution in [-0.4, -0.2) is 16.0 Å². The van der Waals surface area contributed by atoms with Gasteiger partial charge in [-0.25, -0.2) is 4.98 Å². The molecule has 0 saturated carbocycles. The molecule has 2 rings (SSSR count). The number of aromatic hydroxyl groups is 1. The summed E-state index contributed by atoms with van der Waals surface area (Å²) in [5.74, 6) is -0.553. The van der Waals surface area contributed by atoms with Crippen LogP contribution in [-0.2, 0) is 5.41 Å². The van der Waals surface area contributed by atoms with Crippen molar-refractivity contribution in [3.8, 4) is 5.75 Å². The van der Waals surface area contributed by atoms with Gasteiger partial charge in [-0.05, 0) is 35.2 Å². The van der Waals surface area contributed by atoms with Crippen molar-refractivity contribution in [3.63, 3.8) is 0 Å². The van der Waals surface area contributed by atoms with Crippen molar-refractivity contribution in [1.29, 1.82) is 0 Å². The molecule has 2 aromatic rings. The van der Waals surface area contributed by atoms with Crippen molar-refractivity contribution in [2.75, 3.05) is 5.32 Å². The molecule has 4 heteroatoms. The molecule has 1 amide bonds. The monoisotopic (exact) mass is 270 g/mol. The first kappa shape index (κ1) is 14.1. The van der Waals surface area contributed by atoms with Crippen LogP contribution in [0.5, 0.6) is 5.75 Å². The number of carbonyl (C=O) groups is 1. The van der Waals surface area contributed by atoms with Crippen LogP contribution in [0.4, 0.5) is 5.69 Å². The van der Waals surface area contributed by atoms with E-state index in [1.54, 1.807) is 6.07 Å². The highest BCUT2D eigenvalue weighted by atomic mass is 16.3. The van der Waals surface area contributed by atoms with Crippen LogP contribution in [0.2, 0.25) is 0 Å². The summed E-state index contributed by atoms with van der Waals surface area (Å²) in [4.78, 5) is 15.9. The average molecular weight is 270 g/mol. The Morgan fingerprint density at radius 2 is 1.80 bits per heavy atom. The zero-order chi connectivity index (χ0) is 14.8. The van der Waals surface area contributed by atoms with E-state index in [2.05, 4.69) is 31.1 Å². The maximum atomic E-state index is 12.0. The molecule has 0 fully saturated rings. The van der Waals surface area contributed by atoms with E-state index in [9.17, 15) is 9.90 Å². The highest BCUT2D eigenvalue weighted by molar-refractivity contribution is 6.04. The number of nitrogens with one attached hydrogen (secondary N) is 1. The van der Waals surface area contributed by atoms with Gasteiger partial charge >= 0.3 is 0 Å². The van der Waals surface area contributed by atoms with Gasteiger partial charge in [-0.3, -0.25) is 4.79 Å². The molecule has 0 atom stereocenters. The van der Waals surface area contributed by atoms with E-state index in [0.717, 1.165) is 0 Å². The van der Waals surface area contributed by atoms with Crippen LogP contribution in [0.25, 0.3) is 0 Å². The lowest BCUT2D eigenvalue weighted by Crippen LogP contribution is -2.14. The van der Waals surface area contributed by atoms with Crippen molar-refractivity contribution in [1.82, 2.24) is 4.98 Å². The molecule has 0 bridgehead atoms. The van der Waals surface area contributed by atoms with Crippen molar-refractivity contribution in [3.05, 3.63) is 53.9 Å². The van der Waals surface area contributed by atoms with Crippen LogP contribution >= 0.6 is 0 Å². The van der Waals surface area contributed by atoms with E-state index in [1.807, 2.05) is 24.3 Å². The van der Waals surface area contributed by atoms with Gasteiger partial charge in [0.1, 0.15) is 5.75 Å². The van der Waals surface area contributed by atoms with E-state index in [-0.39, 0.29) is 16.9 Å². The number of aromatic nitrogens is 1. The summed E-state index contributed by atoms with van der Waals surface area (Å²) >= 11 is 0. The predicted molar refractivity (Wildman–Crippen MR) is 79.0 cm³/mol. The topological polar surface area (TPSA) is 62.2 Å². The number of amides is 1. The van der Waals surface area contributed by atoms with Gasteiger partial charge in [0, 0.05) is 11.9 Å². The fourth-order valence-electron chi connectivity index (χ4n) is 1.82. The molecule has 1 aromatic heterocycles. The lowest BCUT2D eigenvalue weighted by Gasteiger charge is -2.19. The molecule has 0 radical (unpaired) electrons. The molecule has 0 spiro atoms. The third kappa shape index (κ3) is 3.15. The van der Waals surface area contributed by atoms with Crippen LogP contribution in [0.3, 0.4) is 0 Å². The molecule has 0 aliphatic carbocycles. The largest absolute Gasteiger partial charge is 0.505 e. The molecule has 0 unspecified atom stereocenters. The Bertz CT molecular complexity index is 613. The summed E-state index contributed by atoms with van der Waals surface area (Å²) in [5.41, 5.74) is 1.96. The van der Waals surface area contributed by atoms with Gasteiger partial charge in [0.2, 0.25) is 0 Å². The standard InChI is InChI=1S/C16H18N2O2/c1-16(2,3)11-6-8-12(9-7-11)18-15(20)14-13(19)5-4-10-17-14/h4-10,19H,1-3H3,(H,18,20). The molecule has 2 N–H and O–H groups in total. The molecule has 0 aliphatic heterocycles. The summed E-state index contributed by atoms with van der Waals surface area (Å²) in [7, 11) is 0. The Morgan fingerprint density at radius 3 is 2.35 bits per heavy atom. The Morgan fingerprint density at radius 1 is 1.15 bits per heavy atom. The highest BCUT2D eigenvalue weighted by Gasteiger charge is 2.15. The first-order chi connectivity index (χ1) is 9.38. The van der Waals surface area contributed by atoms with Gasteiger partial charge in [-0.15, -0.1) is 0 Å². The lowest BCUT2D eigenvalue weighted by atomic mass is 9.87. The fourth-order valence-corrected chi connectivity index (χ4v) is 1.82. The normalized spacial score (nSPS) is 11.2. The van der Waals surface area contributed by atoms with Crippen molar-refractivity contribution < 1.29 is 9.90 Å². The maximum Gasteiger partial charge on any atom is 0.278 e. The maximum absolute atomic E-state index is 12.0. The minimum Gasteiger partial charge on any atom is -0.505 e. The number of hydrogen-bond donors (Lipinski definition) is 2.